The van der Waals surface area contributed by atoms with Crippen molar-refractivity contribution < 1.29 is 22.7 Å². The summed E-state index contributed by atoms with van der Waals surface area (Å²) in [4.78, 5) is 10.9. The molecule has 22 heavy (non-hydrogen) atoms. The predicted molar refractivity (Wildman–Crippen MR) is 80.0 cm³/mol. The molecule has 8 heteroatoms. The van der Waals surface area contributed by atoms with Gasteiger partial charge in [0.1, 0.15) is 12.4 Å². The van der Waals surface area contributed by atoms with Crippen LogP contribution in [0.1, 0.15) is 0 Å². The number of anilines is 1. The van der Waals surface area contributed by atoms with Gasteiger partial charge in [0.25, 0.3) is 10.0 Å². The minimum Gasteiger partial charge on any atom is -0.480 e. The lowest BCUT2D eigenvalue weighted by molar-refractivity contribution is -0.135. The van der Waals surface area contributed by atoms with Gasteiger partial charge in [0, 0.05) is 0 Å². The van der Waals surface area contributed by atoms with Crippen LogP contribution in [-0.4, -0.2) is 26.0 Å². The highest BCUT2D eigenvalue weighted by Crippen LogP contribution is 2.27. The fourth-order valence-corrected chi connectivity index (χ4v) is 3.40. The molecule has 2 aromatic rings. The van der Waals surface area contributed by atoms with Crippen molar-refractivity contribution in [3.05, 3.63) is 59.4 Å². The molecule has 0 aliphatic heterocycles. The van der Waals surface area contributed by atoms with E-state index in [0.717, 1.165) is 18.2 Å². The van der Waals surface area contributed by atoms with Crippen LogP contribution >= 0.6 is 11.6 Å². The smallest absolute Gasteiger partial charge is 0.324 e. The van der Waals surface area contributed by atoms with E-state index in [4.69, 9.17) is 16.7 Å². The summed E-state index contributed by atoms with van der Waals surface area (Å²) in [5.41, 5.74) is -0.0300. The zero-order valence-corrected chi connectivity index (χ0v) is 12.7. The first-order valence-corrected chi connectivity index (χ1v) is 7.89. The molecule has 0 amide bonds. The van der Waals surface area contributed by atoms with Crippen LogP contribution in [0.5, 0.6) is 0 Å². The lowest BCUT2D eigenvalue weighted by Crippen LogP contribution is -2.35. The zero-order chi connectivity index (χ0) is 16.3. The molecule has 0 spiro atoms. The van der Waals surface area contributed by atoms with E-state index in [1.807, 2.05) is 0 Å². The highest BCUT2D eigenvalue weighted by molar-refractivity contribution is 7.92. The quantitative estimate of drug-likeness (QED) is 0.905. The molecule has 0 heterocycles. The van der Waals surface area contributed by atoms with E-state index in [1.165, 1.54) is 24.3 Å². The average molecular weight is 344 g/mol. The van der Waals surface area contributed by atoms with Gasteiger partial charge in [0.05, 0.1) is 15.6 Å². The number of carboxylic acid groups (broad SMARTS) is 1. The molecule has 0 unspecified atom stereocenters. The molecule has 0 saturated carbocycles. The predicted octanol–water partition coefficient (Wildman–Crippen LogP) is 2.76. The van der Waals surface area contributed by atoms with E-state index in [1.54, 1.807) is 6.07 Å². The Bertz CT molecular complexity index is 796. The standard InChI is InChI=1S/C14H11ClFNO4S/c15-12-8-10(6-7-13(12)16)17(9-14(18)19)22(20,21)11-4-2-1-3-5-11/h1-8H,9H2,(H,18,19). The van der Waals surface area contributed by atoms with E-state index < -0.39 is 28.4 Å². The van der Waals surface area contributed by atoms with Crippen molar-refractivity contribution in [1.29, 1.82) is 0 Å². The summed E-state index contributed by atoms with van der Waals surface area (Å²) in [6.07, 6.45) is 0. The fourth-order valence-electron chi connectivity index (χ4n) is 1.80. The second-order valence-corrected chi connectivity index (χ2v) is 6.59. The second kappa shape index (κ2) is 6.33. The van der Waals surface area contributed by atoms with Gasteiger partial charge in [-0.25, -0.2) is 12.8 Å². The molecule has 5 nitrogen and oxygen atoms in total. The number of benzene rings is 2. The monoisotopic (exact) mass is 343 g/mol. The number of nitrogens with zero attached hydrogens (tertiary/aromatic N) is 1. The Morgan fingerprint density at radius 3 is 2.36 bits per heavy atom. The first-order chi connectivity index (χ1) is 10.3. The summed E-state index contributed by atoms with van der Waals surface area (Å²) >= 11 is 5.65. The Hall–Kier alpha value is -2.12. The van der Waals surface area contributed by atoms with E-state index >= 15 is 0 Å². The van der Waals surface area contributed by atoms with Crippen LogP contribution in [0, 0.1) is 5.82 Å². The van der Waals surface area contributed by atoms with Crippen molar-refractivity contribution in [3.63, 3.8) is 0 Å². The Morgan fingerprint density at radius 2 is 1.82 bits per heavy atom. The van der Waals surface area contributed by atoms with Gasteiger partial charge in [-0.1, -0.05) is 29.8 Å². The highest BCUT2D eigenvalue weighted by atomic mass is 35.5. The van der Waals surface area contributed by atoms with Crippen LogP contribution < -0.4 is 4.31 Å². The summed E-state index contributed by atoms with van der Waals surface area (Å²) in [5.74, 6) is -2.07. The van der Waals surface area contributed by atoms with Crippen LogP contribution in [0.3, 0.4) is 0 Å². The van der Waals surface area contributed by atoms with Crippen LogP contribution in [0.4, 0.5) is 10.1 Å². The first-order valence-electron chi connectivity index (χ1n) is 6.07. The Morgan fingerprint density at radius 1 is 1.18 bits per heavy atom. The maximum atomic E-state index is 13.2. The van der Waals surface area contributed by atoms with Gasteiger partial charge in [-0.15, -0.1) is 0 Å². The maximum absolute atomic E-state index is 13.2. The largest absolute Gasteiger partial charge is 0.480 e. The summed E-state index contributed by atoms with van der Waals surface area (Å²) in [6.45, 7) is -0.806. The molecule has 2 rings (SSSR count). The van der Waals surface area contributed by atoms with Gasteiger partial charge < -0.3 is 5.11 Å². The lowest BCUT2D eigenvalue weighted by atomic mass is 10.3. The third-order valence-corrected chi connectivity index (χ3v) is 4.88. The van der Waals surface area contributed by atoms with Crippen LogP contribution in [0.2, 0.25) is 5.02 Å². The molecule has 0 fully saturated rings. The van der Waals surface area contributed by atoms with E-state index in [2.05, 4.69) is 0 Å². The molecule has 0 aliphatic rings. The molecule has 0 aliphatic carbocycles. The maximum Gasteiger partial charge on any atom is 0.324 e. The van der Waals surface area contributed by atoms with Gasteiger partial charge in [-0.2, -0.15) is 0 Å². The number of rotatable bonds is 5. The molecular weight excluding hydrogens is 333 g/mol. The van der Waals surface area contributed by atoms with Gasteiger partial charge in [0.15, 0.2) is 0 Å². The molecule has 0 aromatic heterocycles. The minimum absolute atomic E-state index is 0.0300. The molecular formula is C14H11ClFNO4S. The lowest BCUT2D eigenvalue weighted by Gasteiger charge is -2.23. The van der Waals surface area contributed by atoms with Crippen molar-refractivity contribution in [1.82, 2.24) is 0 Å². The summed E-state index contributed by atoms with van der Waals surface area (Å²) < 4.78 is 39.1. The number of hydrogen-bond acceptors (Lipinski definition) is 3. The highest BCUT2D eigenvalue weighted by Gasteiger charge is 2.27. The Balaban J connectivity index is 2.55. The summed E-state index contributed by atoms with van der Waals surface area (Å²) in [7, 11) is -4.11. The normalized spacial score (nSPS) is 11.2. The third kappa shape index (κ3) is 3.37. The molecule has 116 valence electrons. The first kappa shape index (κ1) is 16.3. The molecule has 0 bridgehead atoms. The SMILES string of the molecule is O=C(O)CN(c1ccc(F)c(Cl)c1)S(=O)(=O)c1ccccc1. The second-order valence-electron chi connectivity index (χ2n) is 4.32. The summed E-state index contributed by atoms with van der Waals surface area (Å²) in [6, 6.07) is 10.6. The number of hydrogen-bond donors (Lipinski definition) is 1. The number of halogens is 2. The topological polar surface area (TPSA) is 74.7 Å². The van der Waals surface area contributed by atoms with Crippen molar-refractivity contribution in [2.24, 2.45) is 0 Å². The van der Waals surface area contributed by atoms with Crippen LogP contribution in [0.25, 0.3) is 0 Å². The van der Waals surface area contributed by atoms with Gasteiger partial charge in [-0.05, 0) is 30.3 Å². The number of sulfonamides is 1. The molecule has 1 N–H and O–H groups in total. The average Bonchev–Trinajstić information content (AvgIpc) is 2.48. The minimum atomic E-state index is -4.11. The molecule has 0 saturated heterocycles. The Kier molecular flexibility index (Phi) is 4.68. The van der Waals surface area contributed by atoms with E-state index in [0.29, 0.717) is 4.31 Å². The van der Waals surface area contributed by atoms with Crippen molar-refractivity contribution in [2.75, 3.05) is 10.8 Å². The number of carboxylic acids is 1. The third-order valence-electron chi connectivity index (χ3n) is 2.80. The fraction of sp³-hybridized carbons (Fsp3) is 0.0714. The van der Waals surface area contributed by atoms with Crippen molar-refractivity contribution in [3.8, 4) is 0 Å². The molecule has 2 aromatic carbocycles. The van der Waals surface area contributed by atoms with Crippen LogP contribution in [-0.2, 0) is 14.8 Å². The van der Waals surface area contributed by atoms with E-state index in [-0.39, 0.29) is 15.6 Å². The van der Waals surface area contributed by atoms with E-state index in [9.17, 15) is 17.6 Å². The number of aliphatic carboxylic acids is 1. The van der Waals surface area contributed by atoms with Crippen molar-refractivity contribution in [2.45, 2.75) is 4.90 Å². The molecule has 0 atom stereocenters. The zero-order valence-electron chi connectivity index (χ0n) is 11.1. The van der Waals surface area contributed by atoms with Crippen molar-refractivity contribution >= 4 is 33.3 Å². The van der Waals surface area contributed by atoms with Gasteiger partial charge in [-0.3, -0.25) is 9.10 Å². The molecule has 0 radical (unpaired) electrons. The van der Waals surface area contributed by atoms with Gasteiger partial charge in [0.2, 0.25) is 0 Å². The Labute approximate surface area is 131 Å². The summed E-state index contributed by atoms with van der Waals surface area (Å²) in [5, 5.41) is 8.67. The van der Waals surface area contributed by atoms with Gasteiger partial charge >= 0.3 is 5.97 Å². The van der Waals surface area contributed by atoms with Crippen LogP contribution in [0.15, 0.2) is 53.4 Å². The number of carbonyl (C=O) groups is 1.